The maximum Gasteiger partial charge on any atom is 0.224 e. The number of nitrogens with two attached hydrogens (primary N) is 1. The number of aromatic nitrogens is 2. The van der Waals surface area contributed by atoms with E-state index in [9.17, 15) is 13.6 Å². The fraction of sp³-hybridized carbons (Fsp3) is 0.111. The van der Waals surface area contributed by atoms with Crippen molar-refractivity contribution in [2.45, 2.75) is 13.0 Å². The molecule has 0 bridgehead atoms. The fourth-order valence-electron chi connectivity index (χ4n) is 2.40. The van der Waals surface area contributed by atoms with Gasteiger partial charge >= 0.3 is 0 Å². The second-order valence-corrected chi connectivity index (χ2v) is 6.40. The van der Waals surface area contributed by atoms with Gasteiger partial charge in [-0.25, -0.2) is 13.5 Å². The molecule has 0 aliphatic carbocycles. The van der Waals surface area contributed by atoms with E-state index in [-0.39, 0.29) is 30.4 Å². The molecule has 5 nitrogen and oxygen atoms in total. The number of carbonyl (C=O) groups excluding carboxylic acids is 1. The van der Waals surface area contributed by atoms with Crippen LogP contribution in [0, 0.1) is 11.6 Å². The van der Waals surface area contributed by atoms with Crippen molar-refractivity contribution in [3.8, 4) is 5.69 Å². The van der Waals surface area contributed by atoms with E-state index in [0.717, 1.165) is 0 Å². The molecule has 2 aromatic carbocycles. The van der Waals surface area contributed by atoms with Crippen molar-refractivity contribution < 1.29 is 13.6 Å². The molecular weight excluding hydrogens is 406 g/mol. The summed E-state index contributed by atoms with van der Waals surface area (Å²) in [5, 5.41) is 6.96. The van der Waals surface area contributed by atoms with E-state index < -0.39 is 5.82 Å². The topological polar surface area (TPSA) is 72.9 Å². The molecule has 1 amide bonds. The lowest BCUT2D eigenvalue weighted by molar-refractivity contribution is -0.120. The summed E-state index contributed by atoms with van der Waals surface area (Å²) in [6, 6.07) is 9.90. The lowest BCUT2D eigenvalue weighted by Gasteiger charge is -2.08. The summed E-state index contributed by atoms with van der Waals surface area (Å²) < 4.78 is 28.3. The van der Waals surface area contributed by atoms with Gasteiger partial charge < -0.3 is 11.1 Å². The highest BCUT2D eigenvalue weighted by atomic mass is 79.9. The molecule has 0 aliphatic rings. The van der Waals surface area contributed by atoms with E-state index in [4.69, 9.17) is 5.73 Å². The first-order valence-electron chi connectivity index (χ1n) is 7.73. The Balaban J connectivity index is 1.65. The van der Waals surface area contributed by atoms with Gasteiger partial charge in [0, 0.05) is 17.8 Å². The molecule has 0 aliphatic heterocycles. The zero-order chi connectivity index (χ0) is 18.7. The smallest absolute Gasteiger partial charge is 0.224 e. The molecule has 8 heteroatoms. The molecular formula is C18H15BrF2N4O. The number of nitrogen functional groups attached to an aromatic ring is 1. The van der Waals surface area contributed by atoms with E-state index in [0.29, 0.717) is 21.4 Å². The summed E-state index contributed by atoms with van der Waals surface area (Å²) in [5.41, 5.74) is 8.00. The molecule has 0 fully saturated rings. The summed E-state index contributed by atoms with van der Waals surface area (Å²) in [4.78, 5) is 12.2. The van der Waals surface area contributed by atoms with Crippen LogP contribution in [0.4, 0.5) is 14.5 Å². The zero-order valence-corrected chi connectivity index (χ0v) is 15.1. The van der Waals surface area contributed by atoms with Crippen molar-refractivity contribution in [2.75, 3.05) is 5.73 Å². The van der Waals surface area contributed by atoms with Crippen LogP contribution >= 0.6 is 15.9 Å². The highest BCUT2D eigenvalue weighted by Crippen LogP contribution is 2.21. The first-order chi connectivity index (χ1) is 12.4. The lowest BCUT2D eigenvalue weighted by atomic mass is 10.1. The van der Waals surface area contributed by atoms with Crippen LogP contribution in [0.2, 0.25) is 0 Å². The van der Waals surface area contributed by atoms with Crippen LogP contribution in [0.5, 0.6) is 0 Å². The Morgan fingerprint density at radius 2 is 1.81 bits per heavy atom. The molecule has 0 atom stereocenters. The minimum Gasteiger partial charge on any atom is -0.398 e. The van der Waals surface area contributed by atoms with Gasteiger partial charge in [0.05, 0.1) is 18.3 Å². The Morgan fingerprint density at radius 3 is 2.50 bits per heavy atom. The van der Waals surface area contributed by atoms with Crippen LogP contribution in [-0.2, 0) is 17.8 Å². The number of anilines is 1. The summed E-state index contributed by atoms with van der Waals surface area (Å²) in [6.07, 6.45) is 1.67. The molecule has 3 rings (SSSR count). The number of amides is 1. The van der Waals surface area contributed by atoms with E-state index in [2.05, 4.69) is 26.3 Å². The van der Waals surface area contributed by atoms with E-state index in [1.54, 1.807) is 23.0 Å². The zero-order valence-electron chi connectivity index (χ0n) is 13.5. The summed E-state index contributed by atoms with van der Waals surface area (Å²) in [7, 11) is 0. The van der Waals surface area contributed by atoms with Crippen molar-refractivity contribution in [1.29, 1.82) is 0 Å². The molecule has 0 saturated heterocycles. The van der Waals surface area contributed by atoms with E-state index in [1.807, 2.05) is 0 Å². The number of hydrogen-bond donors (Lipinski definition) is 2. The molecule has 26 heavy (non-hydrogen) atoms. The number of benzene rings is 2. The summed E-state index contributed by atoms with van der Waals surface area (Å²) >= 11 is 3.42. The van der Waals surface area contributed by atoms with Gasteiger partial charge in [-0.15, -0.1) is 0 Å². The van der Waals surface area contributed by atoms with Gasteiger partial charge in [-0.1, -0.05) is 6.07 Å². The largest absolute Gasteiger partial charge is 0.398 e. The molecule has 0 unspecified atom stereocenters. The molecule has 0 radical (unpaired) electrons. The Morgan fingerprint density at radius 1 is 1.12 bits per heavy atom. The number of halogens is 3. The standard InChI is InChI=1S/C18H15BrF2N4O/c19-18-12(10-24-25(18)15-5-3-13(20)4-6-15)7-17(26)23-9-11-1-2-14(21)8-16(11)22/h1-6,8,10H,7,9,22H2,(H,23,26). The fourth-order valence-corrected chi connectivity index (χ4v) is 2.94. The Kier molecular flexibility index (Phi) is 5.32. The van der Waals surface area contributed by atoms with Gasteiger partial charge in [-0.2, -0.15) is 5.10 Å². The van der Waals surface area contributed by atoms with Crippen LogP contribution in [-0.4, -0.2) is 15.7 Å². The molecule has 1 heterocycles. The Hall–Kier alpha value is -2.74. The minimum atomic E-state index is -0.422. The number of hydrogen-bond acceptors (Lipinski definition) is 3. The quantitative estimate of drug-likeness (QED) is 0.621. The third kappa shape index (κ3) is 4.08. The van der Waals surface area contributed by atoms with E-state index >= 15 is 0 Å². The molecule has 1 aromatic heterocycles. The molecule has 0 spiro atoms. The predicted molar refractivity (Wildman–Crippen MR) is 97.6 cm³/mol. The van der Waals surface area contributed by atoms with Gasteiger partial charge in [-0.3, -0.25) is 4.79 Å². The number of nitrogens with zero attached hydrogens (tertiary/aromatic N) is 2. The van der Waals surface area contributed by atoms with Crippen molar-refractivity contribution in [2.24, 2.45) is 0 Å². The maximum atomic E-state index is 13.0. The van der Waals surface area contributed by atoms with Crippen LogP contribution in [0.1, 0.15) is 11.1 Å². The van der Waals surface area contributed by atoms with Crippen molar-refractivity contribution >= 4 is 27.5 Å². The number of carbonyl (C=O) groups is 1. The average Bonchev–Trinajstić information content (AvgIpc) is 2.95. The normalized spacial score (nSPS) is 10.7. The van der Waals surface area contributed by atoms with Crippen LogP contribution in [0.25, 0.3) is 5.69 Å². The predicted octanol–water partition coefficient (Wildman–Crippen LogP) is 3.35. The van der Waals surface area contributed by atoms with Crippen molar-refractivity contribution in [3.05, 3.63) is 76.0 Å². The second-order valence-electron chi connectivity index (χ2n) is 5.65. The van der Waals surface area contributed by atoms with Gasteiger partial charge in [0.25, 0.3) is 0 Å². The Labute approximate surface area is 156 Å². The van der Waals surface area contributed by atoms with E-state index in [1.165, 1.54) is 30.3 Å². The van der Waals surface area contributed by atoms with Crippen molar-refractivity contribution in [3.63, 3.8) is 0 Å². The SMILES string of the molecule is Nc1cc(F)ccc1CNC(=O)Cc1cnn(-c2ccc(F)cc2)c1Br. The number of rotatable bonds is 5. The third-order valence-electron chi connectivity index (χ3n) is 3.79. The second kappa shape index (κ2) is 7.65. The lowest BCUT2D eigenvalue weighted by Crippen LogP contribution is -2.25. The minimum absolute atomic E-state index is 0.100. The average molecular weight is 421 g/mol. The first kappa shape index (κ1) is 18.1. The van der Waals surface area contributed by atoms with Crippen molar-refractivity contribution in [1.82, 2.24) is 15.1 Å². The Bertz CT molecular complexity index is 941. The van der Waals surface area contributed by atoms with Crippen LogP contribution in [0.3, 0.4) is 0 Å². The number of nitrogens with one attached hydrogen (secondary N) is 1. The highest BCUT2D eigenvalue weighted by Gasteiger charge is 2.13. The molecule has 0 saturated carbocycles. The monoisotopic (exact) mass is 420 g/mol. The van der Waals surface area contributed by atoms with Crippen LogP contribution < -0.4 is 11.1 Å². The van der Waals surface area contributed by atoms with Gasteiger partial charge in [0.1, 0.15) is 16.2 Å². The molecule has 3 N–H and O–H groups in total. The molecule has 134 valence electrons. The van der Waals surface area contributed by atoms with Gasteiger partial charge in [0.2, 0.25) is 5.91 Å². The first-order valence-corrected chi connectivity index (χ1v) is 8.52. The molecule has 3 aromatic rings. The van der Waals surface area contributed by atoms with Gasteiger partial charge in [-0.05, 0) is 57.9 Å². The maximum absolute atomic E-state index is 13.0. The van der Waals surface area contributed by atoms with Crippen LogP contribution in [0.15, 0.2) is 53.3 Å². The summed E-state index contributed by atoms with van der Waals surface area (Å²) in [6.45, 7) is 0.203. The summed E-state index contributed by atoms with van der Waals surface area (Å²) in [5.74, 6) is -0.987. The van der Waals surface area contributed by atoms with Gasteiger partial charge in [0.15, 0.2) is 0 Å². The highest BCUT2D eigenvalue weighted by molar-refractivity contribution is 9.10. The third-order valence-corrected chi connectivity index (χ3v) is 4.63.